The summed E-state index contributed by atoms with van der Waals surface area (Å²) in [5.74, 6) is -0.303. The fourth-order valence-electron chi connectivity index (χ4n) is 2.43. The number of halogens is 1. The number of benzene rings is 1. The average Bonchev–Trinajstić information content (AvgIpc) is 2.58. The van der Waals surface area contributed by atoms with Crippen LogP contribution < -0.4 is 5.56 Å². The molecule has 0 saturated heterocycles. The fraction of sp³-hybridized carbons (Fsp3) is 0.333. The van der Waals surface area contributed by atoms with Crippen molar-refractivity contribution in [3.05, 3.63) is 50.2 Å². The van der Waals surface area contributed by atoms with E-state index < -0.39 is 5.56 Å². The lowest BCUT2D eigenvalue weighted by Crippen LogP contribution is -2.22. The van der Waals surface area contributed by atoms with Gasteiger partial charge in [-0.1, -0.05) is 41.8 Å². The van der Waals surface area contributed by atoms with Crippen LogP contribution in [0.4, 0.5) is 11.4 Å². The van der Waals surface area contributed by atoms with Gasteiger partial charge in [-0.2, -0.15) is 10.4 Å². The lowest BCUT2D eigenvalue weighted by atomic mass is 10.1. The summed E-state index contributed by atoms with van der Waals surface area (Å²) >= 11 is 3.35. The van der Waals surface area contributed by atoms with Crippen LogP contribution in [0.25, 0.3) is 0 Å². The Balaban J connectivity index is 2.51. The SMILES string of the molecule is CCCCCn1c(O)c(C#N)c(C)c(N=Nc2cccc(Br)c2)c1=O. The van der Waals surface area contributed by atoms with Crippen molar-refractivity contribution in [1.29, 1.82) is 5.26 Å². The van der Waals surface area contributed by atoms with Crippen LogP contribution in [0.2, 0.25) is 0 Å². The molecule has 0 atom stereocenters. The zero-order chi connectivity index (χ0) is 18.4. The van der Waals surface area contributed by atoms with Crippen molar-refractivity contribution in [3.8, 4) is 11.9 Å². The molecule has 0 aliphatic rings. The molecule has 1 N–H and O–H groups in total. The molecule has 2 aromatic rings. The Bertz CT molecular complexity index is 897. The molecule has 0 unspecified atom stereocenters. The van der Waals surface area contributed by atoms with E-state index in [9.17, 15) is 15.2 Å². The van der Waals surface area contributed by atoms with Gasteiger partial charge in [-0.3, -0.25) is 9.36 Å². The van der Waals surface area contributed by atoms with Gasteiger partial charge in [0.15, 0.2) is 5.69 Å². The highest BCUT2D eigenvalue weighted by Crippen LogP contribution is 2.27. The van der Waals surface area contributed by atoms with Gasteiger partial charge in [-0.25, -0.2) is 0 Å². The van der Waals surface area contributed by atoms with Crippen molar-refractivity contribution in [2.45, 2.75) is 39.7 Å². The molecule has 1 aromatic heterocycles. The molecule has 0 aliphatic heterocycles. The quantitative estimate of drug-likeness (QED) is 0.537. The van der Waals surface area contributed by atoms with Crippen LogP contribution in [0.5, 0.6) is 5.88 Å². The lowest BCUT2D eigenvalue weighted by Gasteiger charge is -2.12. The molecule has 1 aromatic carbocycles. The second kappa shape index (κ2) is 8.58. The second-order valence-corrected chi connectivity index (χ2v) is 6.54. The first-order chi connectivity index (χ1) is 12.0. The van der Waals surface area contributed by atoms with Crippen molar-refractivity contribution >= 4 is 27.3 Å². The Morgan fingerprint density at radius 3 is 2.72 bits per heavy atom. The van der Waals surface area contributed by atoms with Gasteiger partial charge in [0.25, 0.3) is 5.56 Å². The third-order valence-electron chi connectivity index (χ3n) is 3.83. The Labute approximate surface area is 154 Å². The summed E-state index contributed by atoms with van der Waals surface area (Å²) < 4.78 is 2.05. The number of pyridine rings is 1. The Kier molecular flexibility index (Phi) is 6.48. The Morgan fingerprint density at radius 2 is 2.08 bits per heavy atom. The fourth-order valence-corrected chi connectivity index (χ4v) is 2.82. The molecule has 0 aliphatic carbocycles. The van der Waals surface area contributed by atoms with E-state index in [2.05, 4.69) is 33.1 Å². The van der Waals surface area contributed by atoms with E-state index >= 15 is 0 Å². The van der Waals surface area contributed by atoms with Crippen LogP contribution in [0.15, 0.2) is 43.8 Å². The maximum atomic E-state index is 12.7. The predicted molar refractivity (Wildman–Crippen MR) is 99.7 cm³/mol. The molecule has 7 heteroatoms. The number of unbranched alkanes of at least 4 members (excludes halogenated alkanes) is 2. The van der Waals surface area contributed by atoms with E-state index in [4.69, 9.17) is 0 Å². The van der Waals surface area contributed by atoms with Crippen LogP contribution in [0.3, 0.4) is 0 Å². The number of nitriles is 1. The highest BCUT2D eigenvalue weighted by atomic mass is 79.9. The zero-order valence-corrected chi connectivity index (χ0v) is 15.7. The van der Waals surface area contributed by atoms with Gasteiger partial charge in [0.2, 0.25) is 5.88 Å². The number of hydrogen-bond acceptors (Lipinski definition) is 5. The highest BCUT2D eigenvalue weighted by Gasteiger charge is 2.18. The van der Waals surface area contributed by atoms with Crippen molar-refractivity contribution < 1.29 is 5.11 Å². The van der Waals surface area contributed by atoms with Crippen LogP contribution in [-0.4, -0.2) is 9.67 Å². The van der Waals surface area contributed by atoms with Crippen molar-refractivity contribution in [2.24, 2.45) is 10.2 Å². The zero-order valence-electron chi connectivity index (χ0n) is 14.2. The summed E-state index contributed by atoms with van der Waals surface area (Å²) in [7, 11) is 0. The minimum absolute atomic E-state index is 0.0549. The summed E-state index contributed by atoms with van der Waals surface area (Å²) in [6, 6.07) is 9.15. The topological polar surface area (TPSA) is 90.7 Å². The van der Waals surface area contributed by atoms with Gasteiger partial charge in [0, 0.05) is 16.6 Å². The molecule has 0 radical (unpaired) electrons. The Morgan fingerprint density at radius 1 is 1.32 bits per heavy atom. The van der Waals surface area contributed by atoms with Crippen LogP contribution in [0.1, 0.15) is 37.3 Å². The number of nitrogens with zero attached hydrogens (tertiary/aromatic N) is 4. The molecule has 0 spiro atoms. The van der Waals surface area contributed by atoms with Gasteiger partial charge in [0.1, 0.15) is 11.6 Å². The lowest BCUT2D eigenvalue weighted by molar-refractivity contribution is 0.398. The summed E-state index contributed by atoms with van der Waals surface area (Å²) in [6.07, 6.45) is 2.65. The summed E-state index contributed by atoms with van der Waals surface area (Å²) in [6.45, 7) is 3.98. The predicted octanol–water partition coefficient (Wildman–Crippen LogP) is 5.10. The molecule has 0 fully saturated rings. The van der Waals surface area contributed by atoms with Gasteiger partial charge in [0.05, 0.1) is 5.69 Å². The second-order valence-electron chi connectivity index (χ2n) is 5.63. The molecular formula is C18H19BrN4O2. The molecular weight excluding hydrogens is 384 g/mol. The molecule has 25 heavy (non-hydrogen) atoms. The van der Waals surface area contributed by atoms with Gasteiger partial charge in [-0.05, 0) is 31.5 Å². The molecule has 0 amide bonds. The number of rotatable bonds is 6. The largest absolute Gasteiger partial charge is 0.493 e. The first-order valence-electron chi connectivity index (χ1n) is 8.03. The minimum atomic E-state index is -0.441. The van der Waals surface area contributed by atoms with Crippen molar-refractivity contribution in [1.82, 2.24) is 4.57 Å². The third-order valence-corrected chi connectivity index (χ3v) is 4.32. The summed E-state index contributed by atoms with van der Waals surface area (Å²) in [4.78, 5) is 12.7. The van der Waals surface area contributed by atoms with E-state index in [1.54, 1.807) is 19.1 Å². The summed E-state index contributed by atoms with van der Waals surface area (Å²) in [5, 5.41) is 27.7. The average molecular weight is 403 g/mol. The monoisotopic (exact) mass is 402 g/mol. The van der Waals surface area contributed by atoms with Crippen LogP contribution in [0, 0.1) is 18.3 Å². The van der Waals surface area contributed by atoms with Crippen molar-refractivity contribution in [2.75, 3.05) is 0 Å². The maximum Gasteiger partial charge on any atom is 0.281 e. The van der Waals surface area contributed by atoms with E-state index in [-0.39, 0.29) is 17.1 Å². The molecule has 6 nitrogen and oxygen atoms in total. The van der Waals surface area contributed by atoms with E-state index in [0.717, 1.165) is 23.7 Å². The molecule has 0 bridgehead atoms. The minimum Gasteiger partial charge on any atom is -0.493 e. The van der Waals surface area contributed by atoms with Gasteiger partial charge < -0.3 is 5.11 Å². The highest BCUT2D eigenvalue weighted by molar-refractivity contribution is 9.10. The first kappa shape index (κ1) is 18.9. The summed E-state index contributed by atoms with van der Waals surface area (Å²) in [5.41, 5.74) is 0.599. The smallest absolute Gasteiger partial charge is 0.281 e. The molecule has 2 rings (SSSR count). The number of hydrogen-bond donors (Lipinski definition) is 1. The Hall–Kier alpha value is -2.46. The van der Waals surface area contributed by atoms with E-state index in [0.29, 0.717) is 17.8 Å². The van der Waals surface area contributed by atoms with Crippen molar-refractivity contribution in [3.63, 3.8) is 0 Å². The standard InChI is InChI=1S/C18H19BrN4O2/c1-3-4-5-9-23-17(24)15(11-20)12(2)16(18(23)25)22-21-14-8-6-7-13(19)10-14/h6-8,10,24H,3-5,9H2,1-2H3. The third kappa shape index (κ3) is 4.34. The molecule has 130 valence electrons. The number of azo groups is 1. The van der Waals surface area contributed by atoms with Gasteiger partial charge in [-0.15, -0.1) is 5.11 Å². The maximum absolute atomic E-state index is 12.7. The van der Waals surface area contributed by atoms with Gasteiger partial charge >= 0.3 is 0 Å². The normalized spacial score (nSPS) is 11.0. The molecule has 1 heterocycles. The van der Waals surface area contributed by atoms with E-state index in [1.165, 1.54) is 4.57 Å². The van der Waals surface area contributed by atoms with Crippen LogP contribution in [-0.2, 0) is 6.54 Å². The van der Waals surface area contributed by atoms with Crippen LogP contribution >= 0.6 is 15.9 Å². The first-order valence-corrected chi connectivity index (χ1v) is 8.82. The number of aromatic nitrogens is 1. The molecule has 0 saturated carbocycles. The number of aromatic hydroxyl groups is 1. The van der Waals surface area contributed by atoms with E-state index in [1.807, 2.05) is 18.2 Å².